The van der Waals surface area contributed by atoms with E-state index in [0.717, 1.165) is 29.9 Å². The summed E-state index contributed by atoms with van der Waals surface area (Å²) in [5, 5.41) is 2.34. The zero-order valence-electron chi connectivity index (χ0n) is 10.5. The van der Waals surface area contributed by atoms with E-state index >= 15 is 0 Å². The van der Waals surface area contributed by atoms with Crippen LogP contribution in [0, 0.1) is 11.3 Å². The van der Waals surface area contributed by atoms with Crippen molar-refractivity contribution in [2.45, 2.75) is 19.8 Å². The van der Waals surface area contributed by atoms with Crippen LogP contribution in [0.2, 0.25) is 0 Å². The lowest BCUT2D eigenvalue weighted by molar-refractivity contribution is 0.311. The second-order valence-electron chi connectivity index (χ2n) is 3.94. The first-order valence-electron chi connectivity index (χ1n) is 5.81. The summed E-state index contributed by atoms with van der Waals surface area (Å²) >= 11 is 5.24. The highest BCUT2D eigenvalue weighted by Crippen LogP contribution is 2.18. The van der Waals surface area contributed by atoms with Crippen LogP contribution < -0.4 is 9.47 Å². The summed E-state index contributed by atoms with van der Waals surface area (Å²) in [6, 6.07) is 7.55. The van der Waals surface area contributed by atoms with Gasteiger partial charge < -0.3 is 9.47 Å². The molecule has 1 aromatic rings. The van der Waals surface area contributed by atoms with Crippen molar-refractivity contribution in [2.24, 2.45) is 0 Å². The van der Waals surface area contributed by atoms with E-state index in [0.29, 0.717) is 13.2 Å². The molecule has 2 nitrogen and oxygen atoms in total. The molecule has 18 heavy (non-hydrogen) atoms. The van der Waals surface area contributed by atoms with Crippen LogP contribution >= 0.6 is 11.6 Å². The molecule has 0 atom stereocenters. The summed E-state index contributed by atoms with van der Waals surface area (Å²) in [6.45, 7) is 6.89. The van der Waals surface area contributed by atoms with Crippen LogP contribution in [-0.2, 0) is 0 Å². The number of halogens is 1. The Bertz CT molecular complexity index is 426. The summed E-state index contributed by atoms with van der Waals surface area (Å²) in [6.07, 6.45) is 1.62. The number of rotatable bonds is 7. The van der Waals surface area contributed by atoms with Crippen LogP contribution in [0.1, 0.15) is 19.8 Å². The zero-order chi connectivity index (χ0) is 13.2. The standard InChI is InChI=1S/C15H17ClO2/c1-13(2)12-18-15-8-6-14(7-9-15)17-11-5-3-4-10-16/h6-9H,1,3,5,11-12H2,2H3. The molecule has 1 rings (SSSR count). The van der Waals surface area contributed by atoms with Gasteiger partial charge in [-0.1, -0.05) is 12.5 Å². The fourth-order valence-electron chi connectivity index (χ4n) is 1.24. The van der Waals surface area contributed by atoms with Gasteiger partial charge in [-0.3, -0.25) is 0 Å². The Morgan fingerprint density at radius 1 is 1.22 bits per heavy atom. The molecular weight excluding hydrogens is 248 g/mol. The molecule has 0 unspecified atom stereocenters. The van der Waals surface area contributed by atoms with Gasteiger partial charge in [-0.15, -0.1) is 0 Å². The van der Waals surface area contributed by atoms with Crippen molar-refractivity contribution in [3.63, 3.8) is 0 Å². The van der Waals surface area contributed by atoms with Crippen molar-refractivity contribution in [3.8, 4) is 22.8 Å². The molecule has 0 aliphatic carbocycles. The maximum absolute atomic E-state index is 5.55. The summed E-state index contributed by atoms with van der Waals surface area (Å²) in [7, 11) is 0. The predicted octanol–water partition coefficient (Wildman–Crippen LogP) is 4.00. The molecule has 0 saturated carbocycles. The first-order chi connectivity index (χ1) is 8.72. The van der Waals surface area contributed by atoms with E-state index in [-0.39, 0.29) is 0 Å². The molecule has 1 aromatic carbocycles. The first kappa shape index (κ1) is 14.5. The average molecular weight is 265 g/mol. The number of hydrogen-bond acceptors (Lipinski definition) is 2. The second-order valence-corrected chi connectivity index (χ2v) is 4.13. The fraction of sp³-hybridized carbons (Fsp3) is 0.333. The van der Waals surface area contributed by atoms with Gasteiger partial charge in [-0.25, -0.2) is 0 Å². The Morgan fingerprint density at radius 3 is 2.39 bits per heavy atom. The molecule has 0 radical (unpaired) electrons. The van der Waals surface area contributed by atoms with Crippen LogP contribution in [-0.4, -0.2) is 13.2 Å². The van der Waals surface area contributed by atoms with Crippen LogP contribution in [0.15, 0.2) is 36.4 Å². The van der Waals surface area contributed by atoms with Crippen LogP contribution in [0.3, 0.4) is 0 Å². The molecule has 0 N–H and O–H groups in total. The maximum atomic E-state index is 5.55. The summed E-state index contributed by atoms with van der Waals surface area (Å²) in [4.78, 5) is 0. The van der Waals surface area contributed by atoms with Gasteiger partial charge >= 0.3 is 0 Å². The van der Waals surface area contributed by atoms with Gasteiger partial charge in [0, 0.05) is 11.8 Å². The quantitative estimate of drug-likeness (QED) is 0.421. The smallest absolute Gasteiger partial charge is 0.120 e. The van der Waals surface area contributed by atoms with E-state index in [9.17, 15) is 0 Å². The van der Waals surface area contributed by atoms with E-state index in [4.69, 9.17) is 21.1 Å². The lowest BCUT2D eigenvalue weighted by atomic mass is 10.3. The van der Waals surface area contributed by atoms with Crippen molar-refractivity contribution in [3.05, 3.63) is 36.4 Å². The SMILES string of the molecule is C=C(C)COc1ccc(OCCCC#CCl)cc1. The number of unbranched alkanes of at least 4 members (excludes halogenated alkanes) is 1. The van der Waals surface area contributed by atoms with Gasteiger partial charge in [0.25, 0.3) is 0 Å². The third-order valence-corrected chi connectivity index (χ3v) is 2.22. The Morgan fingerprint density at radius 2 is 1.83 bits per heavy atom. The minimum atomic E-state index is 0.539. The maximum Gasteiger partial charge on any atom is 0.120 e. The molecule has 0 aliphatic heterocycles. The van der Waals surface area contributed by atoms with Crippen molar-refractivity contribution in [1.82, 2.24) is 0 Å². The molecule has 96 valence electrons. The molecule has 0 fully saturated rings. The second kappa shape index (κ2) is 8.49. The topological polar surface area (TPSA) is 18.5 Å². The summed E-state index contributed by atoms with van der Waals surface area (Å²) in [5.74, 6) is 4.43. The Balaban J connectivity index is 2.30. The van der Waals surface area contributed by atoms with E-state index in [1.54, 1.807) is 0 Å². The number of ether oxygens (including phenoxy) is 2. The lowest BCUT2D eigenvalue weighted by Gasteiger charge is -2.08. The van der Waals surface area contributed by atoms with Crippen molar-refractivity contribution in [1.29, 1.82) is 0 Å². The largest absolute Gasteiger partial charge is 0.494 e. The van der Waals surface area contributed by atoms with Gasteiger partial charge in [0.15, 0.2) is 0 Å². The molecule has 0 saturated heterocycles. The van der Waals surface area contributed by atoms with Gasteiger partial charge in [0.1, 0.15) is 18.1 Å². The first-order valence-corrected chi connectivity index (χ1v) is 6.18. The Labute approximate surface area is 114 Å². The fourth-order valence-corrected chi connectivity index (χ4v) is 1.33. The van der Waals surface area contributed by atoms with Crippen molar-refractivity contribution in [2.75, 3.05) is 13.2 Å². The Kier molecular flexibility index (Phi) is 6.83. The van der Waals surface area contributed by atoms with E-state index in [1.165, 1.54) is 0 Å². The monoisotopic (exact) mass is 264 g/mol. The third-order valence-electron chi connectivity index (χ3n) is 2.09. The molecule has 0 aromatic heterocycles. The van der Waals surface area contributed by atoms with Gasteiger partial charge in [0.2, 0.25) is 0 Å². The van der Waals surface area contributed by atoms with Crippen molar-refractivity contribution >= 4 is 11.6 Å². The highest BCUT2D eigenvalue weighted by atomic mass is 35.5. The third kappa shape index (κ3) is 6.22. The van der Waals surface area contributed by atoms with Gasteiger partial charge in [0.05, 0.1) is 6.61 Å². The van der Waals surface area contributed by atoms with E-state index in [2.05, 4.69) is 17.9 Å². The molecule has 0 spiro atoms. The number of hydrogen-bond donors (Lipinski definition) is 0. The minimum Gasteiger partial charge on any atom is -0.494 e. The number of benzene rings is 1. The van der Waals surface area contributed by atoms with Crippen LogP contribution in [0.25, 0.3) is 0 Å². The van der Waals surface area contributed by atoms with Gasteiger partial charge in [-0.05, 0) is 54.8 Å². The normalized spacial score (nSPS) is 9.22. The average Bonchev–Trinajstić information content (AvgIpc) is 2.37. The molecule has 0 heterocycles. The van der Waals surface area contributed by atoms with E-state index in [1.807, 2.05) is 31.2 Å². The van der Waals surface area contributed by atoms with E-state index < -0.39 is 0 Å². The molecule has 3 heteroatoms. The highest BCUT2D eigenvalue weighted by molar-refractivity contribution is 6.30. The van der Waals surface area contributed by atoms with Crippen LogP contribution in [0.4, 0.5) is 0 Å². The predicted molar refractivity (Wildman–Crippen MR) is 75.1 cm³/mol. The lowest BCUT2D eigenvalue weighted by Crippen LogP contribution is -1.98. The summed E-state index contributed by atoms with van der Waals surface area (Å²) < 4.78 is 11.0. The molecule has 0 bridgehead atoms. The zero-order valence-corrected chi connectivity index (χ0v) is 11.3. The Hall–Kier alpha value is -1.59. The highest BCUT2D eigenvalue weighted by Gasteiger charge is 1.96. The molecule has 0 aliphatic rings. The molecular formula is C15H17ClO2. The minimum absolute atomic E-state index is 0.539. The summed E-state index contributed by atoms with van der Waals surface area (Å²) in [5.41, 5.74) is 0.996. The van der Waals surface area contributed by atoms with Crippen LogP contribution in [0.5, 0.6) is 11.5 Å². The van der Waals surface area contributed by atoms with Crippen molar-refractivity contribution < 1.29 is 9.47 Å². The van der Waals surface area contributed by atoms with Gasteiger partial charge in [-0.2, -0.15) is 0 Å². The molecule has 0 amide bonds.